The third-order valence-corrected chi connectivity index (χ3v) is 2.98. The molecule has 4 nitrogen and oxygen atoms in total. The number of carbonyl (C=O) groups is 2. The Morgan fingerprint density at radius 3 is 2.10 bits per heavy atom. The van der Waals surface area contributed by atoms with Gasteiger partial charge in [0.1, 0.15) is 5.60 Å². The van der Waals surface area contributed by atoms with E-state index in [0.29, 0.717) is 5.56 Å². The molecule has 0 aromatic heterocycles. The zero-order chi connectivity index (χ0) is 15.5. The number of amides is 1. The molecule has 110 valence electrons. The molecule has 1 unspecified atom stereocenters. The number of nitrogens with zero attached hydrogens (tertiary/aromatic N) is 1. The van der Waals surface area contributed by atoms with Gasteiger partial charge in [-0.05, 0) is 34.6 Å². The van der Waals surface area contributed by atoms with Crippen LogP contribution < -0.4 is 0 Å². The number of rotatable bonds is 3. The normalized spacial score (nSPS) is 12.7. The molecule has 0 fully saturated rings. The van der Waals surface area contributed by atoms with E-state index in [2.05, 4.69) is 0 Å². The number of benzene rings is 1. The molecule has 0 saturated heterocycles. The third kappa shape index (κ3) is 4.37. The zero-order valence-corrected chi connectivity index (χ0v) is 13.1. The Labute approximate surface area is 120 Å². The highest BCUT2D eigenvalue weighted by atomic mass is 16.6. The fourth-order valence-electron chi connectivity index (χ4n) is 1.63. The molecule has 0 N–H and O–H groups in total. The number of likely N-dealkylation sites (N-methyl/N-ethyl adjacent to an activating group) is 1. The molecule has 0 radical (unpaired) electrons. The predicted molar refractivity (Wildman–Crippen MR) is 79.0 cm³/mol. The van der Waals surface area contributed by atoms with Crippen LogP contribution in [0.4, 0.5) is 4.79 Å². The molecule has 0 aliphatic heterocycles. The van der Waals surface area contributed by atoms with Gasteiger partial charge in [0.05, 0.1) is 6.04 Å². The minimum absolute atomic E-state index is 0.0987. The average Bonchev–Trinajstić information content (AvgIpc) is 2.35. The van der Waals surface area contributed by atoms with Gasteiger partial charge < -0.3 is 9.64 Å². The maximum Gasteiger partial charge on any atom is 0.410 e. The van der Waals surface area contributed by atoms with Gasteiger partial charge in [-0.2, -0.15) is 0 Å². The van der Waals surface area contributed by atoms with Crippen molar-refractivity contribution in [1.29, 1.82) is 0 Å². The molecule has 0 heterocycles. The van der Waals surface area contributed by atoms with Crippen LogP contribution in [0.5, 0.6) is 0 Å². The first-order valence-corrected chi connectivity index (χ1v) is 6.68. The standard InChI is InChI=1S/C16H23NO3/c1-11-7-9-13(10-8-11)14(18)12(2)17(6)15(19)20-16(3,4)5/h7-10,12H,1-6H3. The molecule has 0 saturated carbocycles. The second kappa shape index (κ2) is 6.07. The van der Waals surface area contributed by atoms with Crippen molar-refractivity contribution in [2.75, 3.05) is 7.05 Å². The van der Waals surface area contributed by atoms with Crippen molar-refractivity contribution in [3.63, 3.8) is 0 Å². The molecule has 4 heteroatoms. The fourth-order valence-corrected chi connectivity index (χ4v) is 1.63. The van der Waals surface area contributed by atoms with Gasteiger partial charge in [-0.25, -0.2) is 4.79 Å². The van der Waals surface area contributed by atoms with Gasteiger partial charge in [0.25, 0.3) is 0 Å². The Morgan fingerprint density at radius 2 is 1.65 bits per heavy atom. The lowest BCUT2D eigenvalue weighted by atomic mass is 10.0. The number of ketones is 1. The number of aryl methyl sites for hydroxylation is 1. The minimum atomic E-state index is -0.571. The summed E-state index contributed by atoms with van der Waals surface area (Å²) >= 11 is 0. The van der Waals surface area contributed by atoms with Gasteiger partial charge in [-0.1, -0.05) is 29.8 Å². The highest BCUT2D eigenvalue weighted by Gasteiger charge is 2.27. The molecular formula is C16H23NO3. The molecule has 1 amide bonds. The van der Waals surface area contributed by atoms with Gasteiger partial charge in [0.15, 0.2) is 5.78 Å². The molecule has 0 bridgehead atoms. The second-order valence-corrected chi connectivity index (χ2v) is 6.00. The van der Waals surface area contributed by atoms with Gasteiger partial charge >= 0.3 is 6.09 Å². The van der Waals surface area contributed by atoms with Crippen molar-refractivity contribution in [3.8, 4) is 0 Å². The number of carbonyl (C=O) groups excluding carboxylic acids is 2. The molecule has 0 aliphatic carbocycles. The van der Waals surface area contributed by atoms with E-state index in [9.17, 15) is 9.59 Å². The summed E-state index contributed by atoms with van der Waals surface area (Å²) in [6, 6.07) is 6.75. The second-order valence-electron chi connectivity index (χ2n) is 6.00. The van der Waals surface area contributed by atoms with E-state index in [1.807, 2.05) is 19.1 Å². The molecule has 1 aromatic rings. The maximum atomic E-state index is 12.3. The summed E-state index contributed by atoms with van der Waals surface area (Å²) in [4.78, 5) is 25.6. The monoisotopic (exact) mass is 277 g/mol. The van der Waals surface area contributed by atoms with Crippen LogP contribution in [0.3, 0.4) is 0 Å². The number of hydrogen-bond donors (Lipinski definition) is 0. The van der Waals surface area contributed by atoms with Crippen LogP contribution in [-0.2, 0) is 4.74 Å². The largest absolute Gasteiger partial charge is 0.444 e. The quantitative estimate of drug-likeness (QED) is 0.795. The molecule has 1 atom stereocenters. The van der Waals surface area contributed by atoms with Gasteiger partial charge in [0.2, 0.25) is 0 Å². The van der Waals surface area contributed by atoms with Crippen LogP contribution in [0, 0.1) is 6.92 Å². The van der Waals surface area contributed by atoms with Gasteiger partial charge in [-0.15, -0.1) is 0 Å². The molecule has 1 aromatic carbocycles. The SMILES string of the molecule is Cc1ccc(C(=O)C(C)N(C)C(=O)OC(C)(C)C)cc1. The van der Waals surface area contributed by atoms with Crippen LogP contribution >= 0.6 is 0 Å². The summed E-state index contributed by atoms with van der Waals surface area (Å²) in [6.07, 6.45) is -0.495. The van der Waals surface area contributed by atoms with E-state index < -0.39 is 17.7 Å². The summed E-state index contributed by atoms with van der Waals surface area (Å²) in [5.74, 6) is -0.0987. The van der Waals surface area contributed by atoms with Crippen molar-refractivity contribution in [1.82, 2.24) is 4.90 Å². The summed E-state index contributed by atoms with van der Waals surface area (Å²) in [7, 11) is 1.57. The Kier molecular flexibility index (Phi) is 4.93. The first-order chi connectivity index (χ1) is 9.11. The lowest BCUT2D eigenvalue weighted by Gasteiger charge is -2.28. The van der Waals surface area contributed by atoms with Crippen molar-refractivity contribution in [2.24, 2.45) is 0 Å². The lowest BCUT2D eigenvalue weighted by molar-refractivity contribution is 0.0231. The lowest BCUT2D eigenvalue weighted by Crippen LogP contribution is -2.43. The highest BCUT2D eigenvalue weighted by molar-refractivity contribution is 6.01. The van der Waals surface area contributed by atoms with Crippen LogP contribution in [0.25, 0.3) is 0 Å². The Hall–Kier alpha value is -1.84. The topological polar surface area (TPSA) is 46.6 Å². The van der Waals surface area contributed by atoms with Crippen LogP contribution in [0.2, 0.25) is 0 Å². The van der Waals surface area contributed by atoms with Crippen molar-refractivity contribution in [3.05, 3.63) is 35.4 Å². The van der Waals surface area contributed by atoms with Crippen LogP contribution in [-0.4, -0.2) is 35.5 Å². The first kappa shape index (κ1) is 16.2. The van der Waals surface area contributed by atoms with E-state index in [-0.39, 0.29) is 5.78 Å². The van der Waals surface area contributed by atoms with Gasteiger partial charge in [-0.3, -0.25) is 4.79 Å². The van der Waals surface area contributed by atoms with Crippen molar-refractivity contribution >= 4 is 11.9 Å². The molecule has 1 rings (SSSR count). The summed E-state index contributed by atoms with van der Waals surface area (Å²) < 4.78 is 5.26. The predicted octanol–water partition coefficient (Wildman–Crippen LogP) is 3.43. The molecule has 0 aliphatic rings. The maximum absolute atomic E-state index is 12.3. The fraction of sp³-hybridized carbons (Fsp3) is 0.500. The zero-order valence-electron chi connectivity index (χ0n) is 13.1. The van der Waals surface area contributed by atoms with E-state index in [0.717, 1.165) is 5.56 Å². The molecule has 0 spiro atoms. The summed E-state index contributed by atoms with van der Waals surface area (Å²) in [6.45, 7) is 9.05. The summed E-state index contributed by atoms with van der Waals surface area (Å²) in [5, 5.41) is 0. The van der Waals surface area contributed by atoms with Crippen molar-refractivity contribution in [2.45, 2.75) is 46.3 Å². The number of hydrogen-bond acceptors (Lipinski definition) is 3. The van der Waals surface area contributed by atoms with E-state index >= 15 is 0 Å². The van der Waals surface area contributed by atoms with Crippen molar-refractivity contribution < 1.29 is 14.3 Å². The number of ether oxygens (including phenoxy) is 1. The van der Waals surface area contributed by atoms with E-state index in [1.165, 1.54) is 4.90 Å². The molecule has 20 heavy (non-hydrogen) atoms. The van der Waals surface area contributed by atoms with E-state index in [4.69, 9.17) is 4.74 Å². The van der Waals surface area contributed by atoms with Crippen LogP contribution in [0.15, 0.2) is 24.3 Å². The first-order valence-electron chi connectivity index (χ1n) is 6.68. The van der Waals surface area contributed by atoms with Gasteiger partial charge in [0, 0.05) is 12.6 Å². The third-order valence-electron chi connectivity index (χ3n) is 2.98. The smallest absolute Gasteiger partial charge is 0.410 e. The Balaban J connectivity index is 2.78. The van der Waals surface area contributed by atoms with Crippen LogP contribution in [0.1, 0.15) is 43.6 Å². The average molecular weight is 277 g/mol. The Bertz CT molecular complexity index is 485. The minimum Gasteiger partial charge on any atom is -0.444 e. The Morgan fingerprint density at radius 1 is 1.15 bits per heavy atom. The molecular weight excluding hydrogens is 254 g/mol. The highest BCUT2D eigenvalue weighted by Crippen LogP contribution is 2.14. The van der Waals surface area contributed by atoms with E-state index in [1.54, 1.807) is 46.9 Å². The number of Topliss-reactive ketones (excluding diaryl/α,β-unsaturated/α-hetero) is 1. The summed E-state index contributed by atoms with van der Waals surface area (Å²) in [5.41, 5.74) is 1.12.